The molecule has 0 radical (unpaired) electrons. The second-order valence-electron chi connectivity index (χ2n) is 6.25. The first-order chi connectivity index (χ1) is 13.8. The van der Waals surface area contributed by atoms with Crippen molar-refractivity contribution in [2.75, 3.05) is 0 Å². The van der Waals surface area contributed by atoms with Gasteiger partial charge in [0.2, 0.25) is 9.84 Å². The van der Waals surface area contributed by atoms with Crippen molar-refractivity contribution < 1.29 is 12.8 Å². The van der Waals surface area contributed by atoms with Gasteiger partial charge in [0.25, 0.3) is 0 Å². The van der Waals surface area contributed by atoms with Crippen molar-refractivity contribution in [2.24, 2.45) is 0 Å². The van der Waals surface area contributed by atoms with E-state index in [9.17, 15) is 12.8 Å². The highest BCUT2D eigenvalue weighted by Crippen LogP contribution is 2.38. The highest BCUT2D eigenvalue weighted by molar-refractivity contribution is 7.91. The molecule has 4 aromatic rings. The van der Waals surface area contributed by atoms with E-state index in [0.29, 0.717) is 32.1 Å². The third kappa shape index (κ3) is 3.71. The van der Waals surface area contributed by atoms with Crippen LogP contribution in [0.4, 0.5) is 4.39 Å². The lowest BCUT2D eigenvalue weighted by molar-refractivity contribution is 0.595. The molecule has 8 heteroatoms. The minimum atomic E-state index is -4.05. The van der Waals surface area contributed by atoms with E-state index >= 15 is 0 Å². The average molecular weight is 467 g/mol. The minimum absolute atomic E-state index is 0.0303. The van der Waals surface area contributed by atoms with Crippen LogP contribution in [0.1, 0.15) is 0 Å². The lowest BCUT2D eigenvalue weighted by atomic mass is 10.0. The molecule has 0 aliphatic carbocycles. The molecule has 0 aliphatic rings. The van der Waals surface area contributed by atoms with Crippen molar-refractivity contribution in [3.05, 3.63) is 87.7 Å². The summed E-state index contributed by atoms with van der Waals surface area (Å²) in [4.78, 5) is 4.12. The van der Waals surface area contributed by atoms with Crippen LogP contribution in [-0.2, 0) is 9.84 Å². The number of hydrogen-bond acceptors (Lipinski definition) is 3. The zero-order chi connectivity index (χ0) is 20.8. The lowest BCUT2D eigenvalue weighted by Crippen LogP contribution is -2.06. The molecule has 146 valence electrons. The van der Waals surface area contributed by atoms with Crippen LogP contribution in [0.2, 0.25) is 15.1 Å². The van der Waals surface area contributed by atoms with Crippen molar-refractivity contribution in [1.29, 1.82) is 0 Å². The van der Waals surface area contributed by atoms with Gasteiger partial charge in [0.1, 0.15) is 5.82 Å². The summed E-state index contributed by atoms with van der Waals surface area (Å²) in [5, 5.41) is 1.32. The molecular weight excluding hydrogens is 456 g/mol. The Morgan fingerprint density at radius 3 is 2.21 bits per heavy atom. The van der Waals surface area contributed by atoms with Crippen LogP contribution in [0.5, 0.6) is 0 Å². The summed E-state index contributed by atoms with van der Waals surface area (Å²) in [6.45, 7) is 0. The van der Waals surface area contributed by atoms with Crippen LogP contribution in [0.25, 0.3) is 22.0 Å². The molecule has 1 aromatic heterocycles. The summed E-state index contributed by atoms with van der Waals surface area (Å²) in [5.74, 6) is -0.699. The molecule has 0 atom stereocenters. The smallest absolute Gasteiger partial charge is 0.208 e. The zero-order valence-corrected chi connectivity index (χ0v) is 17.6. The van der Waals surface area contributed by atoms with E-state index in [2.05, 4.69) is 4.98 Å². The Labute approximate surface area is 181 Å². The Morgan fingerprint density at radius 2 is 1.52 bits per heavy atom. The Balaban J connectivity index is 2.06. The van der Waals surface area contributed by atoms with Crippen LogP contribution < -0.4 is 0 Å². The number of benzene rings is 3. The van der Waals surface area contributed by atoms with Crippen LogP contribution in [-0.4, -0.2) is 13.4 Å². The fraction of sp³-hybridized carbons (Fsp3) is 0. The Kier molecular flexibility index (Phi) is 5.25. The zero-order valence-electron chi connectivity index (χ0n) is 14.5. The summed E-state index contributed by atoms with van der Waals surface area (Å²) in [5.41, 5.74) is 1.62. The predicted octanol–water partition coefficient (Wildman–Crippen LogP) is 6.83. The van der Waals surface area contributed by atoms with Gasteiger partial charge in [0, 0.05) is 27.2 Å². The third-order valence-corrected chi connectivity index (χ3v) is 6.96. The Morgan fingerprint density at radius 1 is 0.828 bits per heavy atom. The summed E-state index contributed by atoms with van der Waals surface area (Å²) in [6, 6.07) is 15.1. The number of aromatic nitrogens is 1. The van der Waals surface area contributed by atoms with Crippen molar-refractivity contribution >= 4 is 55.5 Å². The first-order valence-corrected chi connectivity index (χ1v) is 10.9. The fourth-order valence-electron chi connectivity index (χ4n) is 3.04. The number of halogens is 4. The molecule has 0 unspecified atom stereocenters. The number of nitrogens with zero attached hydrogens (tertiary/aromatic N) is 1. The molecule has 0 amide bonds. The maximum absolute atomic E-state index is 13.6. The fourth-order valence-corrected chi connectivity index (χ4v) is 5.04. The molecule has 0 fully saturated rings. The quantitative estimate of drug-likeness (QED) is 0.311. The summed E-state index contributed by atoms with van der Waals surface area (Å²) in [7, 11) is -4.05. The van der Waals surface area contributed by atoms with Crippen molar-refractivity contribution in [2.45, 2.75) is 9.79 Å². The van der Waals surface area contributed by atoms with Gasteiger partial charge < -0.3 is 0 Å². The van der Waals surface area contributed by atoms with Gasteiger partial charge in [-0.3, -0.25) is 4.98 Å². The molecule has 0 spiro atoms. The van der Waals surface area contributed by atoms with E-state index in [4.69, 9.17) is 34.8 Å². The number of pyridine rings is 1. The van der Waals surface area contributed by atoms with Crippen molar-refractivity contribution in [3.63, 3.8) is 0 Å². The molecule has 1 heterocycles. The van der Waals surface area contributed by atoms with Crippen LogP contribution in [0.3, 0.4) is 0 Å². The first kappa shape index (κ1) is 20.1. The van der Waals surface area contributed by atoms with Crippen LogP contribution in [0, 0.1) is 5.82 Å². The van der Waals surface area contributed by atoms with Crippen molar-refractivity contribution in [3.8, 4) is 11.1 Å². The van der Waals surface area contributed by atoms with E-state index in [1.165, 1.54) is 12.3 Å². The molecule has 0 bridgehead atoms. The molecule has 3 aromatic carbocycles. The van der Waals surface area contributed by atoms with Gasteiger partial charge in [-0.1, -0.05) is 53.0 Å². The highest BCUT2D eigenvalue weighted by atomic mass is 35.5. The maximum atomic E-state index is 13.6. The van der Waals surface area contributed by atoms with E-state index in [0.717, 1.165) is 12.1 Å². The Bertz CT molecular complexity index is 1360. The van der Waals surface area contributed by atoms with Gasteiger partial charge in [-0.15, -0.1) is 0 Å². The lowest BCUT2D eigenvalue weighted by Gasteiger charge is -2.14. The molecule has 0 N–H and O–H groups in total. The second kappa shape index (κ2) is 7.58. The highest BCUT2D eigenvalue weighted by Gasteiger charge is 2.25. The molecule has 0 saturated carbocycles. The van der Waals surface area contributed by atoms with Gasteiger partial charge in [-0.25, -0.2) is 12.8 Å². The second-order valence-corrected chi connectivity index (χ2v) is 9.44. The first-order valence-electron chi connectivity index (χ1n) is 8.32. The van der Waals surface area contributed by atoms with Crippen molar-refractivity contribution in [1.82, 2.24) is 4.98 Å². The van der Waals surface area contributed by atoms with Gasteiger partial charge >= 0.3 is 0 Å². The van der Waals surface area contributed by atoms with E-state index in [1.54, 1.807) is 42.5 Å². The van der Waals surface area contributed by atoms with Crippen LogP contribution >= 0.6 is 34.8 Å². The Hall–Kier alpha value is -2.18. The number of hydrogen-bond donors (Lipinski definition) is 0. The SMILES string of the molecule is O=S(=O)(c1ccc(F)c(Cl)c1)c1cnc2cc(Cl)ccc2c1-c1ccc(Cl)cc1. The van der Waals surface area contributed by atoms with Gasteiger partial charge in [0.05, 0.1) is 20.3 Å². The van der Waals surface area contributed by atoms with Gasteiger partial charge in [0.15, 0.2) is 0 Å². The molecule has 0 aliphatic heterocycles. The minimum Gasteiger partial charge on any atom is -0.255 e. The normalized spacial score (nSPS) is 11.7. The average Bonchev–Trinajstić information content (AvgIpc) is 2.69. The molecular formula is C21H11Cl3FNO2S. The predicted molar refractivity (Wildman–Crippen MR) is 114 cm³/mol. The largest absolute Gasteiger partial charge is 0.255 e. The topological polar surface area (TPSA) is 47.0 Å². The summed E-state index contributed by atoms with van der Waals surface area (Å²) < 4.78 is 40.3. The van der Waals surface area contributed by atoms with E-state index in [1.807, 2.05) is 0 Å². The van der Waals surface area contributed by atoms with Crippen LogP contribution in [0.15, 0.2) is 76.7 Å². The summed E-state index contributed by atoms with van der Waals surface area (Å²) in [6.07, 6.45) is 1.27. The summed E-state index contributed by atoms with van der Waals surface area (Å²) >= 11 is 17.9. The van der Waals surface area contributed by atoms with E-state index < -0.39 is 15.7 Å². The monoisotopic (exact) mass is 465 g/mol. The maximum Gasteiger partial charge on any atom is 0.208 e. The number of rotatable bonds is 3. The van der Waals surface area contributed by atoms with Gasteiger partial charge in [-0.2, -0.15) is 0 Å². The number of fused-ring (bicyclic) bond motifs is 1. The molecule has 3 nitrogen and oxygen atoms in total. The van der Waals surface area contributed by atoms with Gasteiger partial charge in [-0.05, 0) is 48.0 Å². The molecule has 29 heavy (non-hydrogen) atoms. The molecule has 4 rings (SSSR count). The molecule has 0 saturated heterocycles. The number of sulfone groups is 1. The standard InChI is InChI=1S/C21H11Cl3FNO2S/c22-13-3-1-12(2-4-13)21-16-7-5-14(23)9-19(16)26-11-20(21)29(27,28)15-6-8-18(25)17(24)10-15/h1-11H. The van der Waals surface area contributed by atoms with E-state index in [-0.39, 0.29) is 14.8 Å². The third-order valence-electron chi connectivity index (χ3n) is 4.42.